The van der Waals surface area contributed by atoms with Gasteiger partial charge in [-0.3, -0.25) is 0 Å². The highest BCUT2D eigenvalue weighted by Gasteiger charge is 2.26. The molecule has 2 heteroatoms. The number of alkyl halides is 2. The molecule has 2 atom stereocenters. The highest BCUT2D eigenvalue weighted by Crippen LogP contribution is 2.36. The van der Waals surface area contributed by atoms with E-state index in [0.29, 0.717) is 0 Å². The molecular formula is C9H14I2. The monoisotopic (exact) mass is 376 g/mol. The van der Waals surface area contributed by atoms with Crippen molar-refractivity contribution in [2.24, 2.45) is 0 Å². The zero-order chi connectivity index (χ0) is 8.27. The van der Waals surface area contributed by atoms with E-state index in [-0.39, 0.29) is 0 Å². The van der Waals surface area contributed by atoms with Gasteiger partial charge >= 0.3 is 0 Å². The van der Waals surface area contributed by atoms with Gasteiger partial charge in [0.15, 0.2) is 0 Å². The Morgan fingerprint density at radius 2 is 2.09 bits per heavy atom. The van der Waals surface area contributed by atoms with Crippen LogP contribution in [0, 0.1) is 0 Å². The summed E-state index contributed by atoms with van der Waals surface area (Å²) in [6.07, 6.45) is 7.90. The van der Waals surface area contributed by atoms with Crippen molar-refractivity contribution < 1.29 is 0 Å². The Morgan fingerprint density at radius 3 is 2.55 bits per heavy atom. The van der Waals surface area contributed by atoms with Crippen LogP contribution in [-0.4, -0.2) is 7.85 Å². The van der Waals surface area contributed by atoms with Gasteiger partial charge in [-0.05, 0) is 12.8 Å². The van der Waals surface area contributed by atoms with E-state index in [1.165, 1.54) is 25.7 Å². The summed E-state index contributed by atoms with van der Waals surface area (Å²) in [6, 6.07) is 0. The molecule has 0 heterocycles. The molecule has 0 spiro atoms. The van der Waals surface area contributed by atoms with Crippen LogP contribution >= 0.6 is 45.2 Å². The van der Waals surface area contributed by atoms with Gasteiger partial charge in [-0.15, -0.1) is 0 Å². The molecule has 0 saturated carbocycles. The molecule has 0 nitrogen and oxygen atoms in total. The van der Waals surface area contributed by atoms with Crippen molar-refractivity contribution in [3.05, 3.63) is 11.6 Å². The predicted octanol–water partition coefficient (Wildman–Crippen LogP) is 4.11. The number of allylic oxidation sites excluding steroid dienone is 2. The molecule has 0 fully saturated rings. The molecule has 11 heavy (non-hydrogen) atoms. The number of hydrogen-bond acceptors (Lipinski definition) is 0. The maximum atomic E-state index is 2.56. The maximum Gasteiger partial charge on any atom is 0.0472 e. The minimum Gasteiger partial charge on any atom is -0.0766 e. The van der Waals surface area contributed by atoms with E-state index >= 15 is 0 Å². The fourth-order valence-corrected chi connectivity index (χ4v) is 2.92. The van der Waals surface area contributed by atoms with E-state index in [0.717, 1.165) is 7.85 Å². The zero-order valence-electron chi connectivity index (χ0n) is 6.82. The fourth-order valence-electron chi connectivity index (χ4n) is 1.27. The molecule has 0 amide bonds. The Hall–Kier alpha value is 1.20. The van der Waals surface area contributed by atoms with Gasteiger partial charge in [-0.2, -0.15) is 0 Å². The van der Waals surface area contributed by atoms with E-state index in [1.54, 1.807) is 5.57 Å². The van der Waals surface area contributed by atoms with Crippen LogP contribution < -0.4 is 0 Å². The Bertz CT molecular complexity index is 152. The van der Waals surface area contributed by atoms with Crippen LogP contribution in [-0.2, 0) is 0 Å². The molecule has 1 rings (SSSR count). The second-order valence-electron chi connectivity index (χ2n) is 3.04. The Balaban J connectivity index is 2.14. The minimum absolute atomic E-state index is 0.810. The smallest absolute Gasteiger partial charge is 0.0472 e. The minimum atomic E-state index is 0.810. The van der Waals surface area contributed by atoms with Crippen LogP contribution in [0.2, 0.25) is 0 Å². The van der Waals surface area contributed by atoms with Crippen LogP contribution in [0.1, 0.15) is 32.6 Å². The molecule has 0 bridgehead atoms. The first kappa shape index (κ1) is 10.3. The van der Waals surface area contributed by atoms with Gasteiger partial charge in [0.25, 0.3) is 0 Å². The molecule has 0 aromatic heterocycles. The van der Waals surface area contributed by atoms with E-state index in [1.807, 2.05) is 0 Å². The number of rotatable bonds is 4. The molecule has 0 aliphatic heterocycles. The van der Waals surface area contributed by atoms with E-state index in [4.69, 9.17) is 0 Å². The molecule has 0 N–H and O–H groups in total. The molecule has 2 unspecified atom stereocenters. The second kappa shape index (κ2) is 5.04. The van der Waals surface area contributed by atoms with Crippen LogP contribution in [0.25, 0.3) is 0 Å². The van der Waals surface area contributed by atoms with Gasteiger partial charge in [-0.25, -0.2) is 0 Å². The molecular weight excluding hydrogens is 362 g/mol. The molecule has 0 radical (unpaired) electrons. The van der Waals surface area contributed by atoms with Crippen LogP contribution in [0.3, 0.4) is 0 Å². The van der Waals surface area contributed by atoms with Gasteiger partial charge in [0.05, 0.1) is 0 Å². The summed E-state index contributed by atoms with van der Waals surface area (Å²) in [7, 11) is 0. The molecule has 1 aliphatic carbocycles. The number of hydrogen-bond donors (Lipinski definition) is 0. The van der Waals surface area contributed by atoms with Crippen LogP contribution in [0.4, 0.5) is 0 Å². The van der Waals surface area contributed by atoms with Gasteiger partial charge in [0, 0.05) is 7.85 Å². The first-order valence-corrected chi connectivity index (χ1v) is 6.73. The quantitative estimate of drug-likeness (QED) is 0.300. The van der Waals surface area contributed by atoms with Crippen LogP contribution in [0.15, 0.2) is 11.6 Å². The third-order valence-corrected chi connectivity index (χ3v) is 6.11. The van der Waals surface area contributed by atoms with Gasteiger partial charge in [0.1, 0.15) is 0 Å². The van der Waals surface area contributed by atoms with Crippen molar-refractivity contribution in [3.8, 4) is 0 Å². The van der Waals surface area contributed by atoms with Crippen LogP contribution in [0.5, 0.6) is 0 Å². The predicted molar refractivity (Wildman–Crippen MR) is 67.8 cm³/mol. The lowest BCUT2D eigenvalue weighted by Gasteiger charge is -2.27. The summed E-state index contributed by atoms with van der Waals surface area (Å²) in [4.78, 5) is 0. The van der Waals surface area contributed by atoms with Crippen molar-refractivity contribution in [2.45, 2.75) is 40.5 Å². The Labute approximate surface area is 96.5 Å². The lowest BCUT2D eigenvalue weighted by atomic mass is 9.94. The Kier molecular flexibility index (Phi) is 4.71. The highest BCUT2D eigenvalue weighted by molar-refractivity contribution is 14.1. The van der Waals surface area contributed by atoms with E-state index < -0.39 is 0 Å². The summed E-state index contributed by atoms with van der Waals surface area (Å²) >= 11 is 5.07. The third kappa shape index (κ3) is 2.86. The second-order valence-corrected chi connectivity index (χ2v) is 5.83. The average Bonchev–Trinajstić information content (AvgIpc) is 2.03. The van der Waals surface area contributed by atoms with Crippen molar-refractivity contribution in [3.63, 3.8) is 0 Å². The lowest BCUT2D eigenvalue weighted by Crippen LogP contribution is -2.24. The lowest BCUT2D eigenvalue weighted by molar-refractivity contribution is 0.690. The third-order valence-electron chi connectivity index (χ3n) is 2.08. The van der Waals surface area contributed by atoms with Gasteiger partial charge < -0.3 is 0 Å². The highest BCUT2D eigenvalue weighted by atomic mass is 127. The average molecular weight is 376 g/mol. The largest absolute Gasteiger partial charge is 0.0766 e. The molecule has 0 aromatic rings. The van der Waals surface area contributed by atoms with E-state index in [9.17, 15) is 0 Å². The van der Waals surface area contributed by atoms with Crippen molar-refractivity contribution in [1.82, 2.24) is 0 Å². The molecule has 0 saturated heterocycles. The van der Waals surface area contributed by atoms with Crippen molar-refractivity contribution in [1.29, 1.82) is 0 Å². The summed E-state index contributed by atoms with van der Waals surface area (Å²) in [6.45, 7) is 2.26. The number of unbranched alkanes of at least 4 members (excludes halogenated alkanes) is 2. The molecule has 0 aromatic carbocycles. The molecule has 64 valence electrons. The summed E-state index contributed by atoms with van der Waals surface area (Å²) in [5, 5.41) is 0. The fraction of sp³-hybridized carbons (Fsp3) is 0.778. The topological polar surface area (TPSA) is 0 Å². The normalized spacial score (nSPS) is 29.5. The zero-order valence-corrected chi connectivity index (χ0v) is 11.1. The first-order valence-electron chi connectivity index (χ1n) is 4.24. The van der Waals surface area contributed by atoms with E-state index in [2.05, 4.69) is 58.2 Å². The van der Waals surface area contributed by atoms with Gasteiger partial charge in [0.2, 0.25) is 0 Å². The van der Waals surface area contributed by atoms with Crippen molar-refractivity contribution in [2.75, 3.05) is 0 Å². The Morgan fingerprint density at radius 1 is 1.36 bits per heavy atom. The summed E-state index contributed by atoms with van der Waals surface area (Å²) < 4.78 is 1.65. The summed E-state index contributed by atoms with van der Waals surface area (Å²) in [5.74, 6) is 0. The van der Waals surface area contributed by atoms with Crippen molar-refractivity contribution >= 4 is 45.2 Å². The maximum absolute atomic E-state index is 2.56. The van der Waals surface area contributed by atoms with Gasteiger partial charge in [-0.1, -0.05) is 76.6 Å². The standard InChI is InChI=1S/C9H14I2/c1-2-3-4-5-7-6-8(10)9(7)11/h6,8-9H,2-5H2,1H3. The first-order chi connectivity index (χ1) is 5.25. The number of halogens is 2. The molecule has 1 aliphatic rings. The summed E-state index contributed by atoms with van der Waals surface area (Å²) in [5.41, 5.74) is 1.69. The SMILES string of the molecule is CCCCCC1=CC(I)C1I.